The minimum Gasteiger partial charge on any atom is -0.493 e. The topological polar surface area (TPSA) is 82.8 Å². The second kappa shape index (κ2) is 9.65. The van der Waals surface area contributed by atoms with Crippen LogP contribution in [0.15, 0.2) is 65.1 Å². The maximum absolute atomic E-state index is 12.7. The second-order valence-electron chi connectivity index (χ2n) is 7.59. The molecule has 1 aromatic heterocycles. The van der Waals surface area contributed by atoms with Crippen LogP contribution in [0.1, 0.15) is 30.6 Å². The quantitative estimate of drug-likeness (QED) is 0.361. The van der Waals surface area contributed by atoms with Crippen LogP contribution in [0.25, 0.3) is 22.6 Å². The van der Waals surface area contributed by atoms with Gasteiger partial charge in [0.25, 0.3) is 5.91 Å². The Kier molecular flexibility index (Phi) is 6.49. The van der Waals surface area contributed by atoms with E-state index in [1.54, 1.807) is 68.8 Å². The summed E-state index contributed by atoms with van der Waals surface area (Å²) >= 11 is 0. The summed E-state index contributed by atoms with van der Waals surface area (Å²) < 4.78 is 22.3. The Labute approximate surface area is 192 Å². The first-order valence-electron chi connectivity index (χ1n) is 10.7. The number of rotatable bonds is 8. The van der Waals surface area contributed by atoms with Crippen molar-refractivity contribution in [3.8, 4) is 28.7 Å². The van der Waals surface area contributed by atoms with Crippen LogP contribution in [0, 0.1) is 0 Å². The van der Waals surface area contributed by atoms with Gasteiger partial charge in [-0.25, -0.2) is 4.98 Å². The Hall–Kier alpha value is -4.00. The van der Waals surface area contributed by atoms with Crippen molar-refractivity contribution < 1.29 is 23.4 Å². The van der Waals surface area contributed by atoms with Gasteiger partial charge in [-0.05, 0) is 74.0 Å². The van der Waals surface area contributed by atoms with Gasteiger partial charge in [0.2, 0.25) is 5.89 Å². The standard InChI is InChI=1S/C26H26N2O5/c1-5-16(2)32-20-10-6-17(7-11-20)25(29)27-19-9-13-22-21(15-19)28-26(33-22)18-8-12-23(30-3)24(14-18)31-4/h6-16H,5H2,1-4H3,(H,27,29)/t16-/m0/s1. The summed E-state index contributed by atoms with van der Waals surface area (Å²) in [4.78, 5) is 17.2. The fraction of sp³-hybridized carbons (Fsp3) is 0.231. The van der Waals surface area contributed by atoms with E-state index in [1.807, 2.05) is 13.0 Å². The summed E-state index contributed by atoms with van der Waals surface area (Å²) in [5.74, 6) is 2.19. The van der Waals surface area contributed by atoms with Crippen LogP contribution in [0.2, 0.25) is 0 Å². The Bertz CT molecular complexity index is 1260. The van der Waals surface area contributed by atoms with Gasteiger partial charge >= 0.3 is 0 Å². The number of methoxy groups -OCH3 is 2. The van der Waals surface area contributed by atoms with Gasteiger partial charge in [-0.3, -0.25) is 4.79 Å². The zero-order valence-corrected chi connectivity index (χ0v) is 19.0. The van der Waals surface area contributed by atoms with Gasteiger partial charge in [0.15, 0.2) is 17.1 Å². The molecule has 0 unspecified atom stereocenters. The highest BCUT2D eigenvalue weighted by Crippen LogP contribution is 2.33. The van der Waals surface area contributed by atoms with Crippen LogP contribution in [0.4, 0.5) is 5.69 Å². The monoisotopic (exact) mass is 446 g/mol. The summed E-state index contributed by atoms with van der Waals surface area (Å²) in [5, 5.41) is 2.91. The highest BCUT2D eigenvalue weighted by Gasteiger charge is 2.13. The number of nitrogens with zero attached hydrogens (tertiary/aromatic N) is 1. The Morgan fingerprint density at radius 3 is 2.45 bits per heavy atom. The molecule has 0 radical (unpaired) electrons. The number of hydrogen-bond acceptors (Lipinski definition) is 6. The number of aromatic nitrogens is 1. The van der Waals surface area contributed by atoms with E-state index in [2.05, 4.69) is 17.2 Å². The first-order chi connectivity index (χ1) is 16.0. The molecule has 7 heteroatoms. The second-order valence-corrected chi connectivity index (χ2v) is 7.59. The summed E-state index contributed by atoms with van der Waals surface area (Å²) in [6, 6.07) is 17.9. The van der Waals surface area contributed by atoms with Crippen molar-refractivity contribution in [2.75, 3.05) is 19.5 Å². The molecule has 170 valence electrons. The van der Waals surface area contributed by atoms with Crippen LogP contribution < -0.4 is 19.5 Å². The number of amides is 1. The molecule has 1 heterocycles. The number of anilines is 1. The van der Waals surface area contributed by atoms with E-state index in [4.69, 9.17) is 18.6 Å². The minimum atomic E-state index is -0.215. The third-order valence-corrected chi connectivity index (χ3v) is 5.30. The molecule has 0 aliphatic rings. The number of hydrogen-bond donors (Lipinski definition) is 1. The molecule has 1 atom stereocenters. The van der Waals surface area contributed by atoms with Gasteiger partial charge in [0.1, 0.15) is 11.3 Å². The molecule has 4 rings (SSSR count). The van der Waals surface area contributed by atoms with Gasteiger partial charge in [0, 0.05) is 16.8 Å². The first-order valence-corrected chi connectivity index (χ1v) is 10.7. The fourth-order valence-corrected chi connectivity index (χ4v) is 3.30. The van der Waals surface area contributed by atoms with E-state index in [-0.39, 0.29) is 12.0 Å². The van der Waals surface area contributed by atoms with Crippen molar-refractivity contribution in [2.45, 2.75) is 26.4 Å². The maximum Gasteiger partial charge on any atom is 0.255 e. The molecular formula is C26H26N2O5. The van der Waals surface area contributed by atoms with Crippen molar-refractivity contribution in [3.63, 3.8) is 0 Å². The van der Waals surface area contributed by atoms with E-state index in [0.717, 1.165) is 17.7 Å². The average Bonchev–Trinajstić information content (AvgIpc) is 3.27. The van der Waals surface area contributed by atoms with Gasteiger partial charge in [-0.2, -0.15) is 0 Å². The number of carbonyl (C=O) groups excluding carboxylic acids is 1. The smallest absolute Gasteiger partial charge is 0.255 e. The van der Waals surface area contributed by atoms with Gasteiger partial charge in [0.05, 0.1) is 20.3 Å². The van der Waals surface area contributed by atoms with E-state index >= 15 is 0 Å². The molecule has 0 aliphatic carbocycles. The fourth-order valence-electron chi connectivity index (χ4n) is 3.30. The van der Waals surface area contributed by atoms with Gasteiger partial charge in [-0.15, -0.1) is 0 Å². The largest absolute Gasteiger partial charge is 0.493 e. The lowest BCUT2D eigenvalue weighted by Crippen LogP contribution is -2.12. The minimum absolute atomic E-state index is 0.128. The third-order valence-electron chi connectivity index (χ3n) is 5.30. The van der Waals surface area contributed by atoms with E-state index < -0.39 is 0 Å². The summed E-state index contributed by atoms with van der Waals surface area (Å²) in [6.45, 7) is 4.08. The third kappa shape index (κ3) is 4.92. The van der Waals surface area contributed by atoms with Crippen molar-refractivity contribution in [1.82, 2.24) is 4.98 Å². The van der Waals surface area contributed by atoms with Crippen LogP contribution >= 0.6 is 0 Å². The normalized spacial score (nSPS) is 11.8. The van der Waals surface area contributed by atoms with Gasteiger partial charge < -0.3 is 23.9 Å². The van der Waals surface area contributed by atoms with Crippen molar-refractivity contribution in [3.05, 3.63) is 66.2 Å². The molecule has 0 aliphatic heterocycles. The molecule has 0 saturated carbocycles. The lowest BCUT2D eigenvalue weighted by Gasteiger charge is -2.12. The van der Waals surface area contributed by atoms with Gasteiger partial charge in [-0.1, -0.05) is 6.92 Å². The SMILES string of the molecule is CC[C@H](C)Oc1ccc(C(=O)Nc2ccc3oc(-c4ccc(OC)c(OC)c4)nc3c2)cc1. The van der Waals surface area contributed by atoms with Crippen molar-refractivity contribution in [1.29, 1.82) is 0 Å². The Morgan fingerprint density at radius 2 is 1.76 bits per heavy atom. The number of fused-ring (bicyclic) bond motifs is 1. The van der Waals surface area contributed by atoms with Crippen LogP contribution in [0.5, 0.6) is 17.2 Å². The molecule has 0 bridgehead atoms. The molecule has 0 fully saturated rings. The Morgan fingerprint density at radius 1 is 1.00 bits per heavy atom. The molecule has 0 saturated heterocycles. The zero-order chi connectivity index (χ0) is 23.4. The predicted molar refractivity (Wildman–Crippen MR) is 127 cm³/mol. The average molecular weight is 447 g/mol. The van der Waals surface area contributed by atoms with Crippen LogP contribution in [0.3, 0.4) is 0 Å². The zero-order valence-electron chi connectivity index (χ0n) is 19.0. The van der Waals surface area contributed by atoms with E-state index in [1.165, 1.54) is 0 Å². The number of nitrogens with one attached hydrogen (secondary N) is 1. The molecule has 3 aromatic carbocycles. The molecule has 1 amide bonds. The maximum atomic E-state index is 12.7. The molecule has 1 N–H and O–H groups in total. The molecule has 7 nitrogen and oxygen atoms in total. The molecule has 4 aromatic rings. The first kappa shape index (κ1) is 22.2. The number of benzene rings is 3. The van der Waals surface area contributed by atoms with Crippen molar-refractivity contribution in [2.24, 2.45) is 0 Å². The van der Waals surface area contributed by atoms with Crippen LogP contribution in [-0.4, -0.2) is 31.2 Å². The molecule has 0 spiro atoms. The number of ether oxygens (including phenoxy) is 3. The molecule has 33 heavy (non-hydrogen) atoms. The summed E-state index contributed by atoms with van der Waals surface area (Å²) in [6.07, 6.45) is 1.04. The Balaban J connectivity index is 1.51. The lowest BCUT2D eigenvalue weighted by molar-refractivity contribution is 0.102. The highest BCUT2D eigenvalue weighted by atomic mass is 16.5. The number of oxazole rings is 1. The number of carbonyl (C=O) groups is 1. The van der Waals surface area contributed by atoms with E-state index in [9.17, 15) is 4.79 Å². The summed E-state index contributed by atoms with van der Waals surface area (Å²) in [5.41, 5.74) is 3.17. The summed E-state index contributed by atoms with van der Waals surface area (Å²) in [7, 11) is 3.16. The highest BCUT2D eigenvalue weighted by molar-refractivity contribution is 6.05. The molecular weight excluding hydrogens is 420 g/mol. The van der Waals surface area contributed by atoms with E-state index in [0.29, 0.717) is 39.7 Å². The predicted octanol–water partition coefficient (Wildman–Crippen LogP) is 5.94. The van der Waals surface area contributed by atoms with Crippen molar-refractivity contribution >= 4 is 22.7 Å². The van der Waals surface area contributed by atoms with Crippen LogP contribution in [-0.2, 0) is 0 Å². The lowest BCUT2D eigenvalue weighted by atomic mass is 10.2.